The van der Waals surface area contributed by atoms with Crippen LogP contribution in [-0.2, 0) is 0 Å². The molecule has 3 heterocycles. The number of aromatic nitrogens is 5. The van der Waals surface area contributed by atoms with E-state index in [-0.39, 0.29) is 11.6 Å². The Balaban J connectivity index is 1.60. The molecule has 0 aliphatic carbocycles. The van der Waals surface area contributed by atoms with Crippen LogP contribution in [0.15, 0.2) is 79.1 Å². The quantitative estimate of drug-likeness (QED) is 0.437. The molecule has 3 aromatic heterocycles. The highest BCUT2D eigenvalue weighted by molar-refractivity contribution is 6.04. The first-order valence-electron chi connectivity index (χ1n) is 10.3. The number of carbonyl (C=O) groups is 1. The molecule has 5 rings (SSSR count). The van der Waals surface area contributed by atoms with Gasteiger partial charge >= 0.3 is 0 Å². The summed E-state index contributed by atoms with van der Waals surface area (Å²) in [5.74, 6) is 0.826. The largest absolute Gasteiger partial charge is 0.495 e. The summed E-state index contributed by atoms with van der Waals surface area (Å²) >= 11 is 0. The molecule has 8 heteroatoms. The van der Waals surface area contributed by atoms with Crippen LogP contribution < -0.4 is 10.1 Å². The Bertz CT molecular complexity index is 1480. The Morgan fingerprint density at radius 3 is 2.58 bits per heavy atom. The second-order valence-corrected chi connectivity index (χ2v) is 7.38. The van der Waals surface area contributed by atoms with E-state index in [2.05, 4.69) is 25.4 Å². The van der Waals surface area contributed by atoms with Crippen molar-refractivity contribution in [2.45, 2.75) is 6.92 Å². The van der Waals surface area contributed by atoms with Crippen LogP contribution >= 0.6 is 0 Å². The fourth-order valence-corrected chi connectivity index (χ4v) is 3.58. The summed E-state index contributed by atoms with van der Waals surface area (Å²) < 4.78 is 7.01. The number of hydrogen-bond acceptors (Lipinski definition) is 6. The number of ether oxygens (including phenoxy) is 1. The zero-order valence-electron chi connectivity index (χ0n) is 18.1. The van der Waals surface area contributed by atoms with Gasteiger partial charge in [-0.15, -0.1) is 0 Å². The van der Waals surface area contributed by atoms with Gasteiger partial charge in [-0.3, -0.25) is 14.8 Å². The molecule has 0 saturated heterocycles. The van der Waals surface area contributed by atoms with Gasteiger partial charge in [-0.05, 0) is 49.4 Å². The predicted molar refractivity (Wildman–Crippen MR) is 126 cm³/mol. The van der Waals surface area contributed by atoms with Crippen molar-refractivity contribution >= 4 is 22.6 Å². The van der Waals surface area contributed by atoms with E-state index in [9.17, 15) is 4.79 Å². The molecule has 8 nitrogen and oxygen atoms in total. The smallest absolute Gasteiger partial charge is 0.276 e. The summed E-state index contributed by atoms with van der Waals surface area (Å²) in [6.45, 7) is 1.91. The molecular formula is C25H20N6O2. The van der Waals surface area contributed by atoms with Crippen LogP contribution in [0.1, 0.15) is 16.2 Å². The highest BCUT2D eigenvalue weighted by Crippen LogP contribution is 2.28. The highest BCUT2D eigenvalue weighted by Gasteiger charge is 2.19. The Labute approximate surface area is 189 Å². The van der Waals surface area contributed by atoms with Gasteiger partial charge in [0, 0.05) is 23.7 Å². The first kappa shape index (κ1) is 20.3. The lowest BCUT2D eigenvalue weighted by Gasteiger charge is -2.08. The fraction of sp³-hybridized carbons (Fsp3) is 0.0800. The monoisotopic (exact) mass is 436 g/mol. The van der Waals surface area contributed by atoms with E-state index in [1.54, 1.807) is 42.4 Å². The lowest BCUT2D eigenvalue weighted by atomic mass is 10.1. The number of amides is 1. The lowest BCUT2D eigenvalue weighted by molar-refractivity contribution is 0.102. The van der Waals surface area contributed by atoms with Crippen LogP contribution in [0, 0.1) is 6.92 Å². The number of nitrogens with one attached hydrogen (secondary N) is 1. The average molecular weight is 436 g/mol. The number of rotatable bonds is 5. The second-order valence-electron chi connectivity index (χ2n) is 7.38. The Morgan fingerprint density at radius 1 is 0.939 bits per heavy atom. The van der Waals surface area contributed by atoms with E-state index in [0.29, 0.717) is 22.9 Å². The first-order valence-corrected chi connectivity index (χ1v) is 10.3. The minimum absolute atomic E-state index is 0.249. The molecule has 2 aromatic carbocycles. The third kappa shape index (κ3) is 4.01. The molecule has 0 aliphatic rings. The van der Waals surface area contributed by atoms with Crippen molar-refractivity contribution in [2.75, 3.05) is 12.4 Å². The number of pyridine rings is 1. The van der Waals surface area contributed by atoms with Gasteiger partial charge in [0.05, 0.1) is 29.5 Å². The van der Waals surface area contributed by atoms with Gasteiger partial charge < -0.3 is 10.1 Å². The molecule has 0 aliphatic heterocycles. The SMILES string of the molecule is COc1ccccc1NC(=O)c1cc(-c2ccc3nccnc3c2)n(-c2cccc(C)n2)n1. The number of fused-ring (bicyclic) bond motifs is 1. The van der Waals surface area contributed by atoms with Crippen LogP contribution in [-0.4, -0.2) is 37.7 Å². The Morgan fingerprint density at radius 2 is 1.76 bits per heavy atom. The van der Waals surface area contributed by atoms with Gasteiger partial charge in [-0.2, -0.15) is 5.10 Å². The van der Waals surface area contributed by atoms with Crippen molar-refractivity contribution < 1.29 is 9.53 Å². The number of benzene rings is 2. The number of methoxy groups -OCH3 is 1. The number of para-hydroxylation sites is 2. The second kappa shape index (κ2) is 8.51. The van der Waals surface area contributed by atoms with Crippen molar-refractivity contribution in [3.63, 3.8) is 0 Å². The van der Waals surface area contributed by atoms with Crippen LogP contribution in [0.3, 0.4) is 0 Å². The predicted octanol–water partition coefficient (Wildman–Crippen LogP) is 4.45. The maximum Gasteiger partial charge on any atom is 0.276 e. The summed E-state index contributed by atoms with van der Waals surface area (Å²) in [5.41, 5.74) is 4.75. The summed E-state index contributed by atoms with van der Waals surface area (Å²) in [6, 6.07) is 20.4. The standard InChI is InChI=1S/C25H20N6O2/c1-16-6-5-9-24(28-16)31-22(17-10-11-18-20(14-17)27-13-12-26-18)15-21(30-31)25(32)29-19-7-3-4-8-23(19)33-2/h3-15H,1-2H3,(H,29,32). The first-order chi connectivity index (χ1) is 16.1. The van der Waals surface area contributed by atoms with Crippen molar-refractivity contribution in [3.8, 4) is 22.8 Å². The van der Waals surface area contributed by atoms with Crippen molar-refractivity contribution in [2.24, 2.45) is 0 Å². The average Bonchev–Trinajstić information content (AvgIpc) is 3.30. The zero-order valence-corrected chi connectivity index (χ0v) is 18.1. The number of aryl methyl sites for hydroxylation is 1. The molecule has 5 aromatic rings. The van der Waals surface area contributed by atoms with E-state index in [1.807, 2.05) is 55.5 Å². The Hall–Kier alpha value is -4.59. The Kier molecular flexibility index (Phi) is 5.24. The highest BCUT2D eigenvalue weighted by atomic mass is 16.5. The molecule has 0 bridgehead atoms. The molecule has 33 heavy (non-hydrogen) atoms. The van der Waals surface area contributed by atoms with Gasteiger partial charge in [0.1, 0.15) is 5.75 Å². The third-order valence-electron chi connectivity index (χ3n) is 5.15. The number of nitrogens with zero attached hydrogens (tertiary/aromatic N) is 5. The fourth-order valence-electron chi connectivity index (χ4n) is 3.58. The molecule has 1 N–H and O–H groups in total. The van der Waals surface area contributed by atoms with Gasteiger partial charge in [0.2, 0.25) is 0 Å². The van der Waals surface area contributed by atoms with Gasteiger partial charge in [0.15, 0.2) is 11.5 Å². The number of hydrogen-bond donors (Lipinski definition) is 1. The lowest BCUT2D eigenvalue weighted by Crippen LogP contribution is -2.14. The molecule has 0 fully saturated rings. The minimum Gasteiger partial charge on any atom is -0.495 e. The molecule has 0 radical (unpaired) electrons. The van der Waals surface area contributed by atoms with E-state index in [1.165, 1.54) is 0 Å². The summed E-state index contributed by atoms with van der Waals surface area (Å²) in [4.78, 5) is 26.4. The summed E-state index contributed by atoms with van der Waals surface area (Å²) in [5, 5.41) is 7.47. The molecule has 1 amide bonds. The normalized spacial score (nSPS) is 10.8. The van der Waals surface area contributed by atoms with Crippen LogP contribution in [0.5, 0.6) is 5.75 Å². The van der Waals surface area contributed by atoms with Gasteiger partial charge in [-0.25, -0.2) is 9.67 Å². The minimum atomic E-state index is -0.354. The van der Waals surface area contributed by atoms with Crippen molar-refractivity contribution in [1.29, 1.82) is 0 Å². The maximum absolute atomic E-state index is 13.1. The number of anilines is 1. The maximum atomic E-state index is 13.1. The molecule has 0 spiro atoms. The molecule has 162 valence electrons. The molecule has 0 atom stereocenters. The number of carbonyl (C=O) groups excluding carboxylic acids is 1. The van der Waals surface area contributed by atoms with E-state index in [0.717, 1.165) is 22.3 Å². The third-order valence-corrected chi connectivity index (χ3v) is 5.15. The van der Waals surface area contributed by atoms with Gasteiger partial charge in [0.25, 0.3) is 5.91 Å². The zero-order chi connectivity index (χ0) is 22.8. The molecule has 0 saturated carbocycles. The van der Waals surface area contributed by atoms with Crippen LogP contribution in [0.25, 0.3) is 28.1 Å². The van der Waals surface area contributed by atoms with Crippen LogP contribution in [0.4, 0.5) is 5.69 Å². The van der Waals surface area contributed by atoms with Crippen LogP contribution in [0.2, 0.25) is 0 Å². The van der Waals surface area contributed by atoms with E-state index < -0.39 is 0 Å². The molecule has 0 unspecified atom stereocenters. The molecular weight excluding hydrogens is 416 g/mol. The van der Waals surface area contributed by atoms with E-state index >= 15 is 0 Å². The van der Waals surface area contributed by atoms with Gasteiger partial charge in [-0.1, -0.05) is 24.3 Å². The van der Waals surface area contributed by atoms with Crippen molar-refractivity contribution in [1.82, 2.24) is 24.7 Å². The van der Waals surface area contributed by atoms with E-state index in [4.69, 9.17) is 4.74 Å². The summed E-state index contributed by atoms with van der Waals surface area (Å²) in [7, 11) is 1.56. The van der Waals surface area contributed by atoms with Crippen molar-refractivity contribution in [3.05, 3.63) is 90.5 Å². The summed E-state index contributed by atoms with van der Waals surface area (Å²) in [6.07, 6.45) is 3.31. The topological polar surface area (TPSA) is 94.8 Å².